The molecular formula is C25H33N3O6. The predicted molar refractivity (Wildman–Crippen MR) is 131 cm³/mol. The number of rotatable bonds is 9. The van der Waals surface area contributed by atoms with Crippen molar-refractivity contribution in [2.75, 3.05) is 56.5 Å². The number of nitrogens with one attached hydrogen (secondary N) is 2. The molecule has 9 nitrogen and oxygen atoms in total. The second-order valence-corrected chi connectivity index (χ2v) is 9.08. The maximum absolute atomic E-state index is 12.9. The van der Waals surface area contributed by atoms with Crippen LogP contribution in [0.4, 0.5) is 17.1 Å². The predicted octanol–water partition coefficient (Wildman–Crippen LogP) is 2.77. The molecule has 2 aromatic carbocycles. The Morgan fingerprint density at radius 3 is 2.12 bits per heavy atom. The van der Waals surface area contributed by atoms with Crippen molar-refractivity contribution in [3.8, 4) is 17.2 Å². The average molecular weight is 472 g/mol. The van der Waals surface area contributed by atoms with Crippen molar-refractivity contribution in [3.63, 3.8) is 0 Å². The number of carbonyl (C=O) groups is 1. The third-order valence-electron chi connectivity index (χ3n) is 7.02. The van der Waals surface area contributed by atoms with Gasteiger partial charge in [-0.3, -0.25) is 14.4 Å². The van der Waals surface area contributed by atoms with E-state index in [0.717, 1.165) is 51.6 Å². The van der Waals surface area contributed by atoms with Crippen molar-refractivity contribution >= 4 is 23.0 Å². The highest BCUT2D eigenvalue weighted by atomic mass is 16.5. The Morgan fingerprint density at radius 1 is 0.941 bits per heavy atom. The van der Waals surface area contributed by atoms with Gasteiger partial charge in [0.2, 0.25) is 11.7 Å². The van der Waals surface area contributed by atoms with Gasteiger partial charge in [0, 0.05) is 43.4 Å². The van der Waals surface area contributed by atoms with Crippen LogP contribution in [0.5, 0.6) is 17.2 Å². The van der Waals surface area contributed by atoms with Crippen molar-refractivity contribution < 1.29 is 19.0 Å². The van der Waals surface area contributed by atoms with Crippen molar-refractivity contribution in [1.82, 2.24) is 0 Å². The summed E-state index contributed by atoms with van der Waals surface area (Å²) in [5, 5.41) is 6.22. The topological polar surface area (TPSA) is 106 Å². The van der Waals surface area contributed by atoms with Gasteiger partial charge in [-0.05, 0) is 44.4 Å². The lowest BCUT2D eigenvalue weighted by atomic mass is 9.81. The van der Waals surface area contributed by atoms with Crippen LogP contribution < -0.4 is 40.6 Å². The maximum Gasteiger partial charge on any atom is 0.253 e. The SMILES string of the molecule is COc1cc(NC(=O)C2CCC(CNc3c(N4CCCC4)c(=O)c3=O)CC2)cc(OC)c1OC. The number of anilines is 3. The molecule has 9 heteroatoms. The molecule has 0 radical (unpaired) electrons. The lowest BCUT2D eigenvalue weighted by Gasteiger charge is -2.29. The molecule has 0 aromatic heterocycles. The fourth-order valence-electron chi connectivity index (χ4n) is 5.06. The Kier molecular flexibility index (Phi) is 7.29. The standard InChI is InChI=1S/C25H33N3O6/c1-32-18-12-17(13-19(33-2)24(18)34-3)27-25(31)16-8-6-15(7-9-16)14-26-20-21(23(30)22(20)29)28-10-4-5-11-28/h12-13,15-16,26H,4-11,14H2,1-3H3,(H,27,31). The summed E-state index contributed by atoms with van der Waals surface area (Å²) in [4.78, 5) is 39.0. The lowest BCUT2D eigenvalue weighted by Crippen LogP contribution is -2.42. The minimum absolute atomic E-state index is 0.0283. The van der Waals surface area contributed by atoms with Gasteiger partial charge in [0.25, 0.3) is 10.9 Å². The number of carbonyl (C=O) groups excluding carboxylic acids is 1. The molecule has 1 aliphatic heterocycles. The maximum atomic E-state index is 12.9. The van der Waals surface area contributed by atoms with E-state index in [2.05, 4.69) is 10.6 Å². The Labute approximate surface area is 199 Å². The minimum Gasteiger partial charge on any atom is -0.493 e. The first-order chi connectivity index (χ1) is 16.5. The van der Waals surface area contributed by atoms with Crippen LogP contribution in [0.15, 0.2) is 21.7 Å². The van der Waals surface area contributed by atoms with Crippen molar-refractivity contribution in [3.05, 3.63) is 32.6 Å². The lowest BCUT2D eigenvalue weighted by molar-refractivity contribution is -0.121. The molecule has 2 fully saturated rings. The molecular weight excluding hydrogens is 438 g/mol. The number of amides is 1. The van der Waals surface area contributed by atoms with Crippen LogP contribution in [-0.2, 0) is 4.79 Å². The molecule has 2 aromatic rings. The average Bonchev–Trinajstić information content (AvgIpc) is 3.39. The van der Waals surface area contributed by atoms with Crippen LogP contribution in [0.3, 0.4) is 0 Å². The Hall–Kier alpha value is -3.23. The minimum atomic E-state index is -0.402. The molecule has 1 saturated heterocycles. The Morgan fingerprint density at radius 2 is 1.56 bits per heavy atom. The second-order valence-electron chi connectivity index (χ2n) is 9.08. The highest BCUT2D eigenvalue weighted by Gasteiger charge is 2.30. The molecule has 2 N–H and O–H groups in total. The molecule has 1 aliphatic carbocycles. The quantitative estimate of drug-likeness (QED) is 0.538. The first kappa shape index (κ1) is 23.9. The molecule has 0 spiro atoms. The molecule has 0 unspecified atom stereocenters. The van der Waals surface area contributed by atoms with Gasteiger partial charge in [-0.15, -0.1) is 0 Å². The van der Waals surface area contributed by atoms with Gasteiger partial charge in [-0.25, -0.2) is 0 Å². The number of hydrogen-bond donors (Lipinski definition) is 2. The van der Waals surface area contributed by atoms with Crippen LogP contribution in [0, 0.1) is 11.8 Å². The van der Waals surface area contributed by atoms with E-state index in [1.165, 1.54) is 21.3 Å². The van der Waals surface area contributed by atoms with E-state index < -0.39 is 5.43 Å². The molecule has 0 bridgehead atoms. The van der Waals surface area contributed by atoms with Crippen molar-refractivity contribution in [2.45, 2.75) is 38.5 Å². The highest BCUT2D eigenvalue weighted by Crippen LogP contribution is 2.40. The molecule has 1 heterocycles. The van der Waals surface area contributed by atoms with Crippen LogP contribution in [0.1, 0.15) is 38.5 Å². The summed E-state index contributed by atoms with van der Waals surface area (Å²) in [6.07, 6.45) is 5.42. The first-order valence-electron chi connectivity index (χ1n) is 11.9. The van der Waals surface area contributed by atoms with Gasteiger partial charge < -0.3 is 29.7 Å². The van der Waals surface area contributed by atoms with E-state index in [0.29, 0.717) is 46.8 Å². The van der Waals surface area contributed by atoms with Crippen molar-refractivity contribution in [2.24, 2.45) is 11.8 Å². The zero-order valence-corrected chi connectivity index (χ0v) is 20.1. The summed E-state index contributed by atoms with van der Waals surface area (Å²) in [6, 6.07) is 3.44. The fourth-order valence-corrected chi connectivity index (χ4v) is 5.06. The summed E-state index contributed by atoms with van der Waals surface area (Å²) < 4.78 is 16.1. The van der Waals surface area contributed by atoms with E-state index in [9.17, 15) is 14.4 Å². The number of ether oxygens (including phenoxy) is 3. The number of nitrogens with zero attached hydrogens (tertiary/aromatic N) is 1. The smallest absolute Gasteiger partial charge is 0.253 e. The van der Waals surface area contributed by atoms with E-state index in [1.807, 2.05) is 4.90 Å². The second kappa shape index (κ2) is 10.4. The summed E-state index contributed by atoms with van der Waals surface area (Å²) in [6.45, 7) is 2.32. The zero-order valence-electron chi connectivity index (χ0n) is 20.1. The summed E-state index contributed by atoms with van der Waals surface area (Å²) >= 11 is 0. The van der Waals surface area contributed by atoms with E-state index >= 15 is 0 Å². The zero-order chi connectivity index (χ0) is 24.2. The van der Waals surface area contributed by atoms with E-state index in [4.69, 9.17) is 14.2 Å². The highest BCUT2D eigenvalue weighted by molar-refractivity contribution is 5.93. The van der Waals surface area contributed by atoms with Gasteiger partial charge in [-0.1, -0.05) is 0 Å². The summed E-state index contributed by atoms with van der Waals surface area (Å²) in [7, 11) is 4.61. The molecule has 34 heavy (non-hydrogen) atoms. The van der Waals surface area contributed by atoms with Crippen LogP contribution in [-0.4, -0.2) is 46.9 Å². The van der Waals surface area contributed by atoms with Gasteiger partial charge in [0.1, 0.15) is 11.4 Å². The van der Waals surface area contributed by atoms with Gasteiger partial charge >= 0.3 is 0 Å². The van der Waals surface area contributed by atoms with Crippen LogP contribution in [0.2, 0.25) is 0 Å². The third-order valence-corrected chi connectivity index (χ3v) is 7.02. The van der Waals surface area contributed by atoms with E-state index in [-0.39, 0.29) is 17.3 Å². The number of hydrogen-bond acceptors (Lipinski definition) is 8. The third kappa shape index (κ3) is 4.69. The Balaban J connectivity index is 1.30. The molecule has 184 valence electrons. The Bertz CT molecular complexity index is 1070. The van der Waals surface area contributed by atoms with Crippen LogP contribution in [0.25, 0.3) is 0 Å². The largest absolute Gasteiger partial charge is 0.493 e. The molecule has 2 aliphatic rings. The molecule has 1 saturated carbocycles. The number of methoxy groups -OCH3 is 3. The van der Waals surface area contributed by atoms with E-state index in [1.54, 1.807) is 12.1 Å². The summed E-state index contributed by atoms with van der Waals surface area (Å²) in [5.74, 6) is 1.70. The summed E-state index contributed by atoms with van der Waals surface area (Å²) in [5.41, 5.74) is 0.879. The fraction of sp³-hybridized carbons (Fsp3) is 0.560. The van der Waals surface area contributed by atoms with Gasteiger partial charge in [-0.2, -0.15) is 0 Å². The molecule has 4 rings (SSSR count). The molecule has 0 atom stereocenters. The molecule has 1 amide bonds. The van der Waals surface area contributed by atoms with Crippen LogP contribution >= 0.6 is 0 Å². The van der Waals surface area contributed by atoms with Gasteiger partial charge in [0.15, 0.2) is 11.5 Å². The number of benzene rings is 1. The van der Waals surface area contributed by atoms with Gasteiger partial charge in [0.05, 0.1) is 21.3 Å². The normalized spacial score (nSPS) is 20.3. The first-order valence-corrected chi connectivity index (χ1v) is 11.9. The monoisotopic (exact) mass is 471 g/mol. The van der Waals surface area contributed by atoms with Crippen molar-refractivity contribution in [1.29, 1.82) is 0 Å².